The van der Waals surface area contributed by atoms with Crippen LogP contribution >= 0.6 is 0 Å². The Kier molecular flexibility index (Phi) is 13.6. The number of terminal acetylenes is 1. The van der Waals surface area contributed by atoms with Gasteiger partial charge < -0.3 is 31.1 Å². The molecule has 262 valence electrons. The van der Waals surface area contributed by atoms with Crippen LogP contribution < -0.4 is 21.3 Å². The zero-order chi connectivity index (χ0) is 35.7. The van der Waals surface area contributed by atoms with Gasteiger partial charge in [0.1, 0.15) is 12.1 Å². The predicted octanol–water partition coefficient (Wildman–Crippen LogP) is 2.52. The maximum Gasteiger partial charge on any atom is 0.315 e. The molecule has 0 aromatic carbocycles. The van der Waals surface area contributed by atoms with Crippen LogP contribution in [0, 0.1) is 28.6 Å². The molecule has 0 bridgehead atoms. The van der Waals surface area contributed by atoms with Crippen molar-refractivity contribution in [1.29, 1.82) is 0 Å². The minimum absolute atomic E-state index is 0.0550. The number of likely N-dealkylation sites (tertiary alicyclic amines) is 2. The number of nitrogens with one attached hydrogen (secondary N) is 4. The van der Waals surface area contributed by atoms with Crippen LogP contribution in [0.2, 0.25) is 0 Å². The quantitative estimate of drug-likeness (QED) is 0.136. The molecule has 0 aliphatic carbocycles. The molecule has 0 aromatic rings. The summed E-state index contributed by atoms with van der Waals surface area (Å²) in [5, 5.41) is 11.0. The molecule has 47 heavy (non-hydrogen) atoms. The van der Waals surface area contributed by atoms with E-state index in [0.717, 1.165) is 6.42 Å². The Hall–Kier alpha value is -3.88. The van der Waals surface area contributed by atoms with Crippen molar-refractivity contribution in [2.75, 3.05) is 26.2 Å². The molecule has 6 amide bonds. The first-order valence-corrected chi connectivity index (χ1v) is 16.5. The van der Waals surface area contributed by atoms with E-state index in [9.17, 15) is 28.8 Å². The molecule has 2 rings (SSSR count). The number of amides is 6. The van der Waals surface area contributed by atoms with Gasteiger partial charge in [-0.05, 0) is 41.9 Å². The lowest BCUT2D eigenvalue weighted by Gasteiger charge is -2.41. The number of carbonyl (C=O) groups excluding carboxylic acids is 6. The number of hydrogen-bond donors (Lipinski definition) is 4. The molecule has 1 unspecified atom stereocenters. The van der Waals surface area contributed by atoms with Crippen LogP contribution in [0.1, 0.15) is 93.9 Å². The molecule has 2 heterocycles. The molecule has 0 radical (unpaired) electrons. The zero-order valence-corrected chi connectivity index (χ0v) is 29.6. The van der Waals surface area contributed by atoms with Gasteiger partial charge in [0.25, 0.3) is 5.91 Å². The van der Waals surface area contributed by atoms with Gasteiger partial charge in [0.2, 0.25) is 23.5 Å². The first-order valence-electron chi connectivity index (χ1n) is 16.5. The third kappa shape index (κ3) is 11.4. The van der Waals surface area contributed by atoms with E-state index in [0.29, 0.717) is 32.4 Å². The van der Waals surface area contributed by atoms with Gasteiger partial charge in [-0.1, -0.05) is 61.5 Å². The highest BCUT2D eigenvalue weighted by Crippen LogP contribution is 2.32. The van der Waals surface area contributed by atoms with Crippen molar-refractivity contribution in [3.8, 4) is 12.3 Å². The van der Waals surface area contributed by atoms with Crippen LogP contribution in [-0.2, 0) is 24.0 Å². The minimum atomic E-state index is -1.16. The Balaban J connectivity index is 2.19. The van der Waals surface area contributed by atoms with Gasteiger partial charge in [-0.3, -0.25) is 24.0 Å². The first-order chi connectivity index (χ1) is 21.7. The fraction of sp³-hybridized carbons (Fsp3) is 0.714. The second-order valence-corrected chi connectivity index (χ2v) is 15.6. The number of carbonyl (C=O) groups is 6. The van der Waals surface area contributed by atoms with Crippen LogP contribution in [0.4, 0.5) is 4.79 Å². The lowest BCUT2D eigenvalue weighted by molar-refractivity contribution is -0.143. The molecule has 2 saturated heterocycles. The zero-order valence-electron chi connectivity index (χ0n) is 29.6. The highest BCUT2D eigenvalue weighted by molar-refractivity contribution is 6.38. The van der Waals surface area contributed by atoms with E-state index in [1.165, 1.54) is 11.0 Å². The highest BCUT2D eigenvalue weighted by atomic mass is 16.2. The topological polar surface area (TPSA) is 157 Å². The molecule has 4 N–H and O–H groups in total. The van der Waals surface area contributed by atoms with Crippen molar-refractivity contribution >= 4 is 35.4 Å². The largest absolute Gasteiger partial charge is 0.346 e. The van der Waals surface area contributed by atoms with Crippen LogP contribution in [-0.4, -0.2) is 95.6 Å². The van der Waals surface area contributed by atoms with Gasteiger partial charge in [-0.25, -0.2) is 4.79 Å². The molecular formula is C35H56N6O6. The number of ketones is 1. The molecule has 2 aliphatic rings. The second-order valence-electron chi connectivity index (χ2n) is 15.6. The van der Waals surface area contributed by atoms with E-state index >= 15 is 0 Å². The van der Waals surface area contributed by atoms with E-state index in [1.807, 2.05) is 41.5 Å². The van der Waals surface area contributed by atoms with Crippen molar-refractivity contribution in [2.45, 2.75) is 118 Å². The summed E-state index contributed by atoms with van der Waals surface area (Å²) < 4.78 is 0. The Morgan fingerprint density at radius 2 is 1.70 bits per heavy atom. The van der Waals surface area contributed by atoms with E-state index < -0.39 is 59.1 Å². The van der Waals surface area contributed by atoms with Crippen LogP contribution in [0.5, 0.6) is 0 Å². The normalized spacial score (nSPS) is 19.9. The molecule has 12 heteroatoms. The first kappa shape index (κ1) is 39.3. The lowest BCUT2D eigenvalue weighted by atomic mass is 9.81. The monoisotopic (exact) mass is 656 g/mol. The summed E-state index contributed by atoms with van der Waals surface area (Å²) in [5.41, 5.74) is -1.17. The molecule has 0 aromatic heterocycles. The SMILES string of the molecule is C#CCCC(NC(=O)[C@@H]1CCCN1C(=O)[C@@H](NC(=O)N[C@H](CN1CCC(C)(C)CC1=O)C(C)(C)C)C(C)(C)C)C(=O)C(=O)NCC=C. The summed E-state index contributed by atoms with van der Waals surface area (Å²) in [6, 6.07) is -3.98. The van der Waals surface area contributed by atoms with Gasteiger partial charge in [-0.2, -0.15) is 0 Å². The Bertz CT molecular complexity index is 1240. The number of rotatable bonds is 13. The fourth-order valence-corrected chi connectivity index (χ4v) is 5.74. The highest BCUT2D eigenvalue weighted by Gasteiger charge is 2.43. The van der Waals surface area contributed by atoms with Crippen LogP contribution in [0.3, 0.4) is 0 Å². The van der Waals surface area contributed by atoms with Gasteiger partial charge in [-0.15, -0.1) is 18.9 Å². The standard InChI is InChI=1S/C35H56N6O6/c1-11-13-15-23(27(43)30(45)36-18-12-2)37-29(44)24-16-14-19-41(24)31(46)28(34(6,7)8)39-32(47)38-25(33(3,4)5)22-40-20-17-35(9,10)21-26(40)42/h1,12,23-25,28H,2,13-22H2,3-10H3,(H,36,45)(H,37,44)(H2,38,39,47)/t23?,24-,25+,28+/m0/s1. The number of hydrogen-bond acceptors (Lipinski definition) is 6. The Morgan fingerprint density at radius 3 is 2.26 bits per heavy atom. The fourth-order valence-electron chi connectivity index (χ4n) is 5.74. The number of urea groups is 1. The average Bonchev–Trinajstić information content (AvgIpc) is 3.46. The molecule has 2 fully saturated rings. The van der Waals surface area contributed by atoms with Gasteiger partial charge in [0, 0.05) is 39.0 Å². The molecule has 4 atom stereocenters. The smallest absolute Gasteiger partial charge is 0.315 e. The van der Waals surface area contributed by atoms with Gasteiger partial charge >= 0.3 is 6.03 Å². The van der Waals surface area contributed by atoms with Crippen molar-refractivity contribution in [3.05, 3.63) is 12.7 Å². The summed E-state index contributed by atoms with van der Waals surface area (Å²) in [6.45, 7) is 20.4. The second kappa shape index (κ2) is 16.3. The molecule has 0 saturated carbocycles. The summed E-state index contributed by atoms with van der Waals surface area (Å²) in [6.07, 6.45) is 9.24. The van der Waals surface area contributed by atoms with E-state index in [2.05, 4.69) is 47.6 Å². The minimum Gasteiger partial charge on any atom is -0.346 e. The molecule has 12 nitrogen and oxygen atoms in total. The van der Waals surface area contributed by atoms with E-state index in [-0.39, 0.29) is 42.7 Å². The van der Waals surface area contributed by atoms with Gasteiger partial charge in [0.05, 0.1) is 12.1 Å². The van der Waals surface area contributed by atoms with E-state index in [1.54, 1.807) is 4.90 Å². The van der Waals surface area contributed by atoms with E-state index in [4.69, 9.17) is 6.42 Å². The number of Topliss-reactive ketones (excluding diaryl/α,β-unsaturated/α-hetero) is 1. The molecular weight excluding hydrogens is 600 g/mol. The molecule has 0 spiro atoms. The van der Waals surface area contributed by atoms with Crippen LogP contribution in [0.15, 0.2) is 12.7 Å². The van der Waals surface area contributed by atoms with Crippen LogP contribution in [0.25, 0.3) is 0 Å². The Morgan fingerprint density at radius 1 is 1.04 bits per heavy atom. The maximum absolute atomic E-state index is 14.0. The van der Waals surface area contributed by atoms with Gasteiger partial charge in [0.15, 0.2) is 0 Å². The summed E-state index contributed by atoms with van der Waals surface area (Å²) in [5.74, 6) is -0.215. The maximum atomic E-state index is 14.0. The Labute approximate surface area is 280 Å². The molecule has 2 aliphatic heterocycles. The number of nitrogens with zero attached hydrogens (tertiary/aromatic N) is 2. The third-order valence-corrected chi connectivity index (χ3v) is 8.86. The van der Waals surface area contributed by atoms with Crippen molar-refractivity contribution in [1.82, 2.24) is 31.1 Å². The predicted molar refractivity (Wildman–Crippen MR) is 181 cm³/mol. The summed E-state index contributed by atoms with van der Waals surface area (Å²) in [7, 11) is 0. The summed E-state index contributed by atoms with van der Waals surface area (Å²) in [4.78, 5) is 82.3. The van der Waals surface area contributed by atoms with Crippen molar-refractivity contribution in [3.63, 3.8) is 0 Å². The third-order valence-electron chi connectivity index (χ3n) is 8.86. The van der Waals surface area contributed by atoms with Crippen molar-refractivity contribution in [2.24, 2.45) is 16.2 Å². The number of piperidine rings is 1. The summed E-state index contributed by atoms with van der Waals surface area (Å²) >= 11 is 0. The average molecular weight is 657 g/mol. The van der Waals surface area contributed by atoms with Crippen molar-refractivity contribution < 1.29 is 28.8 Å². The lowest BCUT2D eigenvalue weighted by Crippen LogP contribution is -2.62.